The highest BCUT2D eigenvalue weighted by Gasteiger charge is 2.01. The normalized spacial score (nSPS) is 19.9. The Kier molecular flexibility index (Phi) is 1.36. The van der Waals surface area contributed by atoms with E-state index in [-0.39, 0.29) is 5.75 Å². The molecule has 0 heterocycles. The Hall–Kier alpha value is -0.500. The number of rotatable bonds is 2. The molecule has 0 radical (unpaired) electrons. The molecule has 1 rings (SSSR count). The molecular formula is C10H13BrO. The summed E-state index contributed by atoms with van der Waals surface area (Å²) in [5, 5.41) is 0. The van der Waals surface area contributed by atoms with Crippen molar-refractivity contribution in [1.29, 1.82) is 0 Å². The minimum Gasteiger partial charge on any atom is -0.491 e. The second kappa shape index (κ2) is 3.94. The third-order valence-corrected chi connectivity index (χ3v) is 1.88. The molecule has 0 N–H and O–H groups in total. The van der Waals surface area contributed by atoms with E-state index in [1.165, 1.54) is 0 Å². The second-order valence-corrected chi connectivity index (χ2v) is 3.32. The topological polar surface area (TPSA) is 9.23 Å². The van der Waals surface area contributed by atoms with Crippen LogP contribution in [0.25, 0.3) is 0 Å². The SMILES string of the molecule is [2H]C([2H])([2H])C(Oc1ccc(Br)cc1C)C([2H])([2H])[2H]. The third kappa shape index (κ3) is 2.52. The molecule has 0 saturated heterocycles. The fourth-order valence-electron chi connectivity index (χ4n) is 0.872. The highest BCUT2D eigenvalue weighted by molar-refractivity contribution is 9.10. The van der Waals surface area contributed by atoms with Gasteiger partial charge in [0.2, 0.25) is 0 Å². The summed E-state index contributed by atoms with van der Waals surface area (Å²) in [5.41, 5.74) is 0.669. The maximum absolute atomic E-state index is 7.25. The van der Waals surface area contributed by atoms with Gasteiger partial charge in [0.05, 0.1) is 6.10 Å². The number of halogens is 1. The van der Waals surface area contributed by atoms with Crippen molar-refractivity contribution in [2.75, 3.05) is 0 Å². The van der Waals surface area contributed by atoms with Crippen LogP contribution in [0.2, 0.25) is 0 Å². The number of ether oxygens (including phenoxy) is 1. The average molecular weight is 235 g/mol. The maximum atomic E-state index is 7.25. The molecular weight excluding hydrogens is 216 g/mol. The van der Waals surface area contributed by atoms with E-state index in [2.05, 4.69) is 15.9 Å². The van der Waals surface area contributed by atoms with Crippen LogP contribution in [0.3, 0.4) is 0 Å². The molecule has 66 valence electrons. The minimum atomic E-state index is -2.70. The Labute approximate surface area is 90.3 Å². The van der Waals surface area contributed by atoms with E-state index in [9.17, 15) is 0 Å². The first kappa shape index (κ1) is 4.14. The van der Waals surface area contributed by atoms with Gasteiger partial charge in [0.15, 0.2) is 0 Å². The summed E-state index contributed by atoms with van der Waals surface area (Å²) in [7, 11) is 0. The van der Waals surface area contributed by atoms with Gasteiger partial charge < -0.3 is 4.74 Å². The Bertz CT molecular complexity index is 411. The smallest absolute Gasteiger partial charge is 0.122 e. The average Bonchev–Trinajstić information content (AvgIpc) is 2.12. The molecule has 0 fully saturated rings. The van der Waals surface area contributed by atoms with Crippen LogP contribution >= 0.6 is 15.9 Å². The van der Waals surface area contributed by atoms with E-state index in [0.717, 1.165) is 4.47 Å². The van der Waals surface area contributed by atoms with Crippen molar-refractivity contribution in [2.45, 2.75) is 26.7 Å². The van der Waals surface area contributed by atoms with Crippen LogP contribution in [-0.4, -0.2) is 6.10 Å². The molecule has 0 aromatic heterocycles. The van der Waals surface area contributed by atoms with Crippen molar-refractivity contribution in [2.24, 2.45) is 0 Å². The van der Waals surface area contributed by atoms with Gasteiger partial charge in [-0.1, -0.05) is 15.9 Å². The van der Waals surface area contributed by atoms with Crippen molar-refractivity contribution in [3.63, 3.8) is 0 Å². The predicted octanol–water partition coefficient (Wildman–Crippen LogP) is 3.54. The molecule has 12 heavy (non-hydrogen) atoms. The lowest BCUT2D eigenvalue weighted by molar-refractivity contribution is 0.241. The molecule has 0 spiro atoms. The lowest BCUT2D eigenvalue weighted by atomic mass is 10.2. The highest BCUT2D eigenvalue weighted by Crippen LogP contribution is 2.22. The van der Waals surface area contributed by atoms with Crippen LogP contribution in [0.15, 0.2) is 22.7 Å². The number of hydrogen-bond acceptors (Lipinski definition) is 1. The van der Waals surface area contributed by atoms with E-state index in [1.807, 2.05) is 0 Å². The van der Waals surface area contributed by atoms with Gasteiger partial charge in [0.25, 0.3) is 0 Å². The minimum absolute atomic E-state index is 0.260. The quantitative estimate of drug-likeness (QED) is 0.761. The number of benzene rings is 1. The molecule has 0 atom stereocenters. The summed E-state index contributed by atoms with van der Waals surface area (Å²) in [5.74, 6) is 0.260. The fraction of sp³-hybridized carbons (Fsp3) is 0.400. The largest absolute Gasteiger partial charge is 0.491 e. The van der Waals surface area contributed by atoms with Crippen LogP contribution < -0.4 is 4.74 Å². The fourth-order valence-corrected chi connectivity index (χ4v) is 1.35. The lowest BCUT2D eigenvalue weighted by Gasteiger charge is -2.11. The standard InChI is InChI=1S/C10H13BrO/c1-7(2)12-10-5-4-9(11)6-8(10)3/h4-7H,1-3H3/i1D3,2D3. The molecule has 0 aliphatic heterocycles. The van der Waals surface area contributed by atoms with E-state index in [1.54, 1.807) is 25.1 Å². The second-order valence-electron chi connectivity index (χ2n) is 2.41. The summed E-state index contributed by atoms with van der Waals surface area (Å²) in [4.78, 5) is 0. The third-order valence-electron chi connectivity index (χ3n) is 1.38. The van der Waals surface area contributed by atoms with Crippen LogP contribution in [0, 0.1) is 6.92 Å². The molecule has 1 nitrogen and oxygen atoms in total. The van der Waals surface area contributed by atoms with Gasteiger partial charge in [-0.2, -0.15) is 0 Å². The molecule has 0 amide bonds. The zero-order valence-corrected chi connectivity index (χ0v) is 8.18. The maximum Gasteiger partial charge on any atom is 0.122 e. The monoisotopic (exact) mass is 234 g/mol. The molecule has 2 heteroatoms. The van der Waals surface area contributed by atoms with Crippen LogP contribution in [0.5, 0.6) is 5.75 Å². The van der Waals surface area contributed by atoms with Gasteiger partial charge in [-0.05, 0) is 44.4 Å². The van der Waals surface area contributed by atoms with Gasteiger partial charge in [-0.25, -0.2) is 0 Å². The summed E-state index contributed by atoms with van der Waals surface area (Å²) >= 11 is 3.26. The number of hydrogen-bond donors (Lipinski definition) is 0. The zero-order chi connectivity index (χ0) is 14.1. The van der Waals surface area contributed by atoms with E-state index in [4.69, 9.17) is 13.0 Å². The molecule has 1 aromatic rings. The summed E-state index contributed by atoms with van der Waals surface area (Å²) in [6.07, 6.45) is -1.83. The Morgan fingerprint density at radius 1 is 1.50 bits per heavy atom. The van der Waals surface area contributed by atoms with E-state index < -0.39 is 19.8 Å². The first-order chi connectivity index (χ1) is 8.01. The predicted molar refractivity (Wildman–Crippen MR) is 54.6 cm³/mol. The van der Waals surface area contributed by atoms with Gasteiger partial charge in [0, 0.05) is 12.7 Å². The zero-order valence-electron chi connectivity index (χ0n) is 12.6. The molecule has 0 saturated carbocycles. The molecule has 1 aromatic carbocycles. The van der Waals surface area contributed by atoms with Crippen molar-refractivity contribution < 1.29 is 13.0 Å². The van der Waals surface area contributed by atoms with Gasteiger partial charge in [-0.15, -0.1) is 0 Å². The molecule has 0 aliphatic carbocycles. The summed E-state index contributed by atoms with van der Waals surface area (Å²) < 4.78 is 49.5. The Morgan fingerprint density at radius 3 is 2.83 bits per heavy atom. The van der Waals surface area contributed by atoms with Crippen LogP contribution in [-0.2, 0) is 0 Å². The molecule has 0 aliphatic rings. The molecule has 0 bridgehead atoms. The van der Waals surface area contributed by atoms with Gasteiger partial charge in [-0.3, -0.25) is 0 Å². The Balaban J connectivity index is 3.05. The van der Waals surface area contributed by atoms with Crippen LogP contribution in [0.1, 0.15) is 27.5 Å². The van der Waals surface area contributed by atoms with Crippen molar-refractivity contribution in [3.05, 3.63) is 28.2 Å². The van der Waals surface area contributed by atoms with E-state index in [0.29, 0.717) is 5.56 Å². The first-order valence-electron chi connectivity index (χ1n) is 6.44. The first-order valence-corrected chi connectivity index (χ1v) is 4.24. The summed E-state index contributed by atoms with van der Waals surface area (Å²) in [6, 6.07) is 4.94. The summed E-state index contributed by atoms with van der Waals surface area (Å²) in [6.45, 7) is -3.69. The van der Waals surface area contributed by atoms with Gasteiger partial charge in [0.1, 0.15) is 5.75 Å². The van der Waals surface area contributed by atoms with Gasteiger partial charge >= 0.3 is 0 Å². The Morgan fingerprint density at radius 2 is 2.25 bits per heavy atom. The highest BCUT2D eigenvalue weighted by atomic mass is 79.9. The van der Waals surface area contributed by atoms with Crippen molar-refractivity contribution >= 4 is 15.9 Å². The number of aryl methyl sites for hydroxylation is 1. The van der Waals surface area contributed by atoms with Crippen LogP contribution in [0.4, 0.5) is 0 Å². The van der Waals surface area contributed by atoms with Crippen molar-refractivity contribution in [3.8, 4) is 5.75 Å². The molecule has 0 unspecified atom stereocenters. The van der Waals surface area contributed by atoms with E-state index >= 15 is 0 Å². The lowest BCUT2D eigenvalue weighted by Crippen LogP contribution is -2.06. The van der Waals surface area contributed by atoms with Crippen molar-refractivity contribution in [1.82, 2.24) is 0 Å².